The second-order valence-corrected chi connectivity index (χ2v) is 5.84. The Balaban J connectivity index is 1.53. The van der Waals surface area contributed by atoms with Crippen LogP contribution in [0.2, 0.25) is 0 Å². The number of aromatic nitrogens is 2. The standard InChI is InChI=1S/C17H21N3O2/c1-13-16(11-19(2)18-13)17(21)22-12-14-8-9-20(10-14)15-6-4-3-5-7-15/h3-7,11,14H,8-10,12H2,1-2H3. The van der Waals surface area contributed by atoms with Crippen molar-refractivity contribution < 1.29 is 9.53 Å². The minimum Gasteiger partial charge on any atom is -0.462 e. The van der Waals surface area contributed by atoms with E-state index in [1.54, 1.807) is 17.9 Å². The highest BCUT2D eigenvalue weighted by atomic mass is 16.5. The first kappa shape index (κ1) is 14.6. The minimum atomic E-state index is -0.274. The van der Waals surface area contributed by atoms with Gasteiger partial charge in [0.1, 0.15) is 5.56 Å². The summed E-state index contributed by atoms with van der Waals surface area (Å²) in [5, 5.41) is 4.17. The number of benzene rings is 1. The molecule has 1 fully saturated rings. The molecule has 3 rings (SSSR count). The Hall–Kier alpha value is -2.30. The van der Waals surface area contributed by atoms with Gasteiger partial charge < -0.3 is 9.64 Å². The van der Waals surface area contributed by atoms with Crippen LogP contribution in [-0.2, 0) is 11.8 Å². The number of anilines is 1. The molecular weight excluding hydrogens is 278 g/mol. The van der Waals surface area contributed by atoms with Crippen molar-refractivity contribution in [3.05, 3.63) is 47.8 Å². The van der Waals surface area contributed by atoms with E-state index in [0.29, 0.717) is 23.8 Å². The van der Waals surface area contributed by atoms with E-state index in [0.717, 1.165) is 19.5 Å². The zero-order valence-electron chi connectivity index (χ0n) is 13.0. The van der Waals surface area contributed by atoms with E-state index >= 15 is 0 Å². The second-order valence-electron chi connectivity index (χ2n) is 5.84. The summed E-state index contributed by atoms with van der Waals surface area (Å²) in [4.78, 5) is 14.4. The van der Waals surface area contributed by atoms with E-state index in [4.69, 9.17) is 4.74 Å². The molecule has 0 bridgehead atoms. The fraction of sp³-hybridized carbons (Fsp3) is 0.412. The van der Waals surface area contributed by atoms with Crippen LogP contribution in [-0.4, -0.2) is 35.4 Å². The van der Waals surface area contributed by atoms with Crippen LogP contribution in [0.5, 0.6) is 0 Å². The number of hydrogen-bond donors (Lipinski definition) is 0. The van der Waals surface area contributed by atoms with Crippen molar-refractivity contribution in [1.82, 2.24) is 9.78 Å². The first-order valence-electron chi connectivity index (χ1n) is 7.61. The number of aryl methyl sites for hydroxylation is 2. The molecule has 116 valence electrons. The monoisotopic (exact) mass is 299 g/mol. The van der Waals surface area contributed by atoms with Crippen molar-refractivity contribution in [2.24, 2.45) is 13.0 Å². The Morgan fingerprint density at radius 2 is 2.14 bits per heavy atom. The molecule has 0 N–H and O–H groups in total. The van der Waals surface area contributed by atoms with Crippen LogP contribution in [0.25, 0.3) is 0 Å². The Kier molecular flexibility index (Phi) is 4.13. The predicted molar refractivity (Wildman–Crippen MR) is 85.0 cm³/mol. The summed E-state index contributed by atoms with van der Waals surface area (Å²) in [7, 11) is 1.80. The summed E-state index contributed by atoms with van der Waals surface area (Å²) in [6, 6.07) is 10.4. The zero-order chi connectivity index (χ0) is 15.5. The highest BCUT2D eigenvalue weighted by Crippen LogP contribution is 2.23. The highest BCUT2D eigenvalue weighted by Gasteiger charge is 2.24. The number of ether oxygens (including phenoxy) is 1. The molecule has 1 aromatic carbocycles. The quantitative estimate of drug-likeness (QED) is 0.813. The molecule has 0 spiro atoms. The number of nitrogens with zero attached hydrogens (tertiary/aromatic N) is 3. The molecule has 0 saturated carbocycles. The van der Waals surface area contributed by atoms with Crippen LogP contribution in [0.4, 0.5) is 5.69 Å². The van der Waals surface area contributed by atoms with Crippen LogP contribution in [0.1, 0.15) is 22.5 Å². The maximum absolute atomic E-state index is 12.1. The van der Waals surface area contributed by atoms with Gasteiger partial charge in [-0.3, -0.25) is 4.68 Å². The van der Waals surface area contributed by atoms with E-state index < -0.39 is 0 Å². The smallest absolute Gasteiger partial charge is 0.341 e. The maximum Gasteiger partial charge on any atom is 0.341 e. The van der Waals surface area contributed by atoms with Gasteiger partial charge in [0.05, 0.1) is 12.3 Å². The predicted octanol–water partition coefficient (Wildman–Crippen LogP) is 2.41. The average molecular weight is 299 g/mol. The lowest BCUT2D eigenvalue weighted by Gasteiger charge is -2.18. The van der Waals surface area contributed by atoms with Crippen LogP contribution in [0, 0.1) is 12.8 Å². The summed E-state index contributed by atoms with van der Waals surface area (Å²) in [6.45, 7) is 4.24. The van der Waals surface area contributed by atoms with Gasteiger partial charge in [-0.25, -0.2) is 4.79 Å². The summed E-state index contributed by atoms with van der Waals surface area (Å²) in [5.74, 6) is 0.116. The van der Waals surface area contributed by atoms with Gasteiger partial charge in [-0.2, -0.15) is 5.10 Å². The SMILES string of the molecule is Cc1nn(C)cc1C(=O)OCC1CCN(c2ccccc2)C1. The fourth-order valence-electron chi connectivity index (χ4n) is 2.91. The molecule has 1 saturated heterocycles. The number of rotatable bonds is 4. The molecule has 1 aliphatic heterocycles. The largest absolute Gasteiger partial charge is 0.462 e. The third-order valence-corrected chi connectivity index (χ3v) is 4.09. The normalized spacial score (nSPS) is 17.7. The van der Waals surface area contributed by atoms with Crippen molar-refractivity contribution in [3.8, 4) is 0 Å². The molecule has 2 aromatic rings. The number of esters is 1. The summed E-state index contributed by atoms with van der Waals surface area (Å²) < 4.78 is 7.11. The van der Waals surface area contributed by atoms with Crippen LogP contribution in [0.3, 0.4) is 0 Å². The molecule has 1 aromatic heterocycles. The molecule has 1 atom stereocenters. The number of carbonyl (C=O) groups excluding carboxylic acids is 1. The maximum atomic E-state index is 12.1. The first-order chi connectivity index (χ1) is 10.6. The van der Waals surface area contributed by atoms with Gasteiger partial charge in [0.15, 0.2) is 0 Å². The Morgan fingerprint density at radius 1 is 1.36 bits per heavy atom. The van der Waals surface area contributed by atoms with Crippen molar-refractivity contribution in [3.63, 3.8) is 0 Å². The molecular formula is C17H21N3O2. The highest BCUT2D eigenvalue weighted by molar-refractivity contribution is 5.90. The van der Waals surface area contributed by atoms with Gasteiger partial charge in [0.2, 0.25) is 0 Å². The lowest BCUT2D eigenvalue weighted by molar-refractivity contribution is 0.0450. The summed E-state index contributed by atoms with van der Waals surface area (Å²) >= 11 is 0. The van der Waals surface area contributed by atoms with Crippen molar-refractivity contribution >= 4 is 11.7 Å². The molecule has 5 heteroatoms. The van der Waals surface area contributed by atoms with E-state index in [9.17, 15) is 4.79 Å². The van der Waals surface area contributed by atoms with Gasteiger partial charge in [0.25, 0.3) is 0 Å². The minimum absolute atomic E-state index is 0.274. The van der Waals surface area contributed by atoms with Crippen molar-refractivity contribution in [1.29, 1.82) is 0 Å². The molecule has 0 aliphatic carbocycles. The Labute approximate surface area is 130 Å². The Bertz CT molecular complexity index is 651. The van der Waals surface area contributed by atoms with Crippen molar-refractivity contribution in [2.75, 3.05) is 24.6 Å². The molecule has 0 radical (unpaired) electrons. The molecule has 22 heavy (non-hydrogen) atoms. The van der Waals surface area contributed by atoms with Gasteiger partial charge in [0, 0.05) is 37.9 Å². The van der Waals surface area contributed by atoms with Crippen molar-refractivity contribution in [2.45, 2.75) is 13.3 Å². The van der Waals surface area contributed by atoms with E-state index in [2.05, 4.69) is 22.1 Å². The zero-order valence-corrected chi connectivity index (χ0v) is 13.0. The van der Waals surface area contributed by atoms with Crippen LogP contribution in [0.15, 0.2) is 36.5 Å². The third kappa shape index (κ3) is 3.13. The number of hydrogen-bond acceptors (Lipinski definition) is 4. The molecule has 5 nitrogen and oxygen atoms in total. The summed E-state index contributed by atoms with van der Waals surface area (Å²) in [6.07, 6.45) is 2.76. The fourth-order valence-corrected chi connectivity index (χ4v) is 2.91. The van der Waals surface area contributed by atoms with Crippen LogP contribution >= 0.6 is 0 Å². The average Bonchev–Trinajstić information content (AvgIpc) is 3.12. The third-order valence-electron chi connectivity index (χ3n) is 4.09. The van der Waals surface area contributed by atoms with Gasteiger partial charge in [-0.15, -0.1) is 0 Å². The van der Waals surface area contributed by atoms with E-state index in [1.165, 1.54) is 5.69 Å². The van der Waals surface area contributed by atoms with Gasteiger partial charge in [-0.05, 0) is 25.5 Å². The van der Waals surface area contributed by atoms with Gasteiger partial charge in [-0.1, -0.05) is 18.2 Å². The lowest BCUT2D eigenvalue weighted by atomic mass is 10.1. The van der Waals surface area contributed by atoms with Crippen LogP contribution < -0.4 is 4.90 Å². The lowest BCUT2D eigenvalue weighted by Crippen LogP contribution is -2.22. The first-order valence-corrected chi connectivity index (χ1v) is 7.61. The number of carbonyl (C=O) groups is 1. The van der Waals surface area contributed by atoms with E-state index in [1.807, 2.05) is 25.1 Å². The topological polar surface area (TPSA) is 47.4 Å². The van der Waals surface area contributed by atoms with Gasteiger partial charge >= 0.3 is 5.97 Å². The summed E-state index contributed by atoms with van der Waals surface area (Å²) in [5.41, 5.74) is 2.50. The second kappa shape index (κ2) is 6.22. The molecule has 2 heterocycles. The molecule has 1 unspecified atom stereocenters. The Morgan fingerprint density at radius 3 is 2.82 bits per heavy atom. The molecule has 0 amide bonds. The molecule has 1 aliphatic rings. The van der Waals surface area contributed by atoms with E-state index in [-0.39, 0.29) is 5.97 Å². The number of para-hydroxylation sites is 1.